The Bertz CT molecular complexity index is 1170. The standard InChI is InChI=1S/C30H41N3O5S/c1-19-10-12-21(13-11-19)26(34)33(22-14-16-30(17-15-22)28(36)31(2)29(37)32(30)3)23-18-24(20-8-6-5-7-9-20)39-25(23)27(35)38-4/h8,18-19,21-22H,5-7,9-17H2,1-4H3. The number of rotatable bonds is 5. The third-order valence-electron chi connectivity index (χ3n) is 9.62. The van der Waals surface area contributed by atoms with Crippen LogP contribution in [0.2, 0.25) is 0 Å². The van der Waals surface area contributed by atoms with Crippen LogP contribution in [0.3, 0.4) is 0 Å². The highest BCUT2D eigenvalue weighted by Gasteiger charge is 2.56. The van der Waals surface area contributed by atoms with Gasteiger partial charge < -0.3 is 14.5 Å². The molecule has 1 saturated heterocycles. The van der Waals surface area contributed by atoms with Crippen LogP contribution in [0.5, 0.6) is 0 Å². The van der Waals surface area contributed by atoms with Gasteiger partial charge in [-0.15, -0.1) is 11.3 Å². The average Bonchev–Trinajstić information content (AvgIpc) is 3.46. The first-order valence-corrected chi connectivity index (χ1v) is 15.3. The lowest BCUT2D eigenvalue weighted by Gasteiger charge is -2.43. The number of thiophene rings is 1. The van der Waals surface area contributed by atoms with Gasteiger partial charge >= 0.3 is 12.0 Å². The predicted molar refractivity (Wildman–Crippen MR) is 152 cm³/mol. The van der Waals surface area contributed by atoms with Crippen molar-refractivity contribution < 1.29 is 23.9 Å². The van der Waals surface area contributed by atoms with Crippen molar-refractivity contribution in [2.75, 3.05) is 26.1 Å². The molecule has 0 bridgehead atoms. The molecule has 39 heavy (non-hydrogen) atoms. The van der Waals surface area contributed by atoms with Crippen LogP contribution < -0.4 is 4.90 Å². The summed E-state index contributed by atoms with van der Waals surface area (Å²) in [6.07, 6.45) is 12.4. The fraction of sp³-hybridized carbons (Fsp3) is 0.667. The van der Waals surface area contributed by atoms with Gasteiger partial charge in [0.25, 0.3) is 5.91 Å². The molecule has 4 amide bonds. The zero-order valence-electron chi connectivity index (χ0n) is 23.7. The van der Waals surface area contributed by atoms with Gasteiger partial charge in [0, 0.05) is 30.9 Å². The second-order valence-electron chi connectivity index (χ2n) is 11.9. The first-order valence-electron chi connectivity index (χ1n) is 14.5. The molecule has 1 spiro atoms. The van der Waals surface area contributed by atoms with E-state index in [2.05, 4.69) is 13.0 Å². The van der Waals surface area contributed by atoms with Gasteiger partial charge in [0.05, 0.1) is 12.8 Å². The molecule has 3 fully saturated rings. The molecule has 212 valence electrons. The minimum absolute atomic E-state index is 0.0780. The van der Waals surface area contributed by atoms with Gasteiger partial charge in [-0.1, -0.05) is 13.0 Å². The number of hydrogen-bond acceptors (Lipinski definition) is 6. The average molecular weight is 556 g/mol. The maximum atomic E-state index is 14.3. The number of carbonyl (C=O) groups is 4. The van der Waals surface area contributed by atoms with Crippen LogP contribution in [0.1, 0.15) is 98.5 Å². The predicted octanol–water partition coefficient (Wildman–Crippen LogP) is 5.86. The van der Waals surface area contributed by atoms with Crippen molar-refractivity contribution in [2.24, 2.45) is 11.8 Å². The third-order valence-corrected chi connectivity index (χ3v) is 10.8. The van der Waals surface area contributed by atoms with Crippen LogP contribution >= 0.6 is 11.3 Å². The Balaban J connectivity index is 1.51. The molecule has 1 aromatic heterocycles. The fourth-order valence-corrected chi connectivity index (χ4v) is 8.19. The van der Waals surface area contributed by atoms with E-state index in [1.54, 1.807) is 11.9 Å². The Morgan fingerprint density at radius 2 is 1.74 bits per heavy atom. The quantitative estimate of drug-likeness (QED) is 0.336. The largest absolute Gasteiger partial charge is 0.465 e. The number of likely N-dealkylation sites (N-methyl/N-ethyl adjacent to an activating group) is 2. The molecule has 1 aliphatic heterocycles. The third kappa shape index (κ3) is 4.92. The lowest BCUT2D eigenvalue weighted by molar-refractivity contribution is -0.133. The summed E-state index contributed by atoms with van der Waals surface area (Å²) < 4.78 is 5.20. The number of carbonyl (C=O) groups excluding carboxylic acids is 4. The lowest BCUT2D eigenvalue weighted by Crippen LogP contribution is -2.55. The molecule has 0 N–H and O–H groups in total. The van der Waals surface area contributed by atoms with Crippen LogP contribution in [-0.4, -0.2) is 66.4 Å². The van der Waals surface area contributed by atoms with E-state index < -0.39 is 11.5 Å². The molecule has 9 heteroatoms. The van der Waals surface area contributed by atoms with E-state index in [1.165, 1.54) is 42.4 Å². The highest BCUT2D eigenvalue weighted by Crippen LogP contribution is 2.45. The number of allylic oxidation sites excluding steroid dienone is 2. The number of urea groups is 1. The normalized spacial score (nSPS) is 29.5. The minimum atomic E-state index is -0.852. The Labute approximate surface area is 235 Å². The maximum Gasteiger partial charge on any atom is 0.350 e. The SMILES string of the molecule is COC(=O)c1sc(C2=CCCCC2)cc1N(C(=O)C1CCC(C)CC1)C1CCC2(CC1)C(=O)N(C)C(=O)N2C. The summed E-state index contributed by atoms with van der Waals surface area (Å²) in [6, 6.07) is 1.60. The summed E-state index contributed by atoms with van der Waals surface area (Å²) >= 11 is 1.43. The molecule has 0 radical (unpaired) electrons. The van der Waals surface area contributed by atoms with Crippen molar-refractivity contribution in [3.05, 3.63) is 21.9 Å². The summed E-state index contributed by atoms with van der Waals surface area (Å²) in [4.78, 5) is 59.3. The van der Waals surface area contributed by atoms with E-state index in [4.69, 9.17) is 4.74 Å². The molecule has 0 atom stereocenters. The van der Waals surface area contributed by atoms with Crippen molar-refractivity contribution in [1.29, 1.82) is 0 Å². The Kier molecular flexibility index (Phi) is 7.91. The summed E-state index contributed by atoms with van der Waals surface area (Å²) in [7, 11) is 4.63. The topological polar surface area (TPSA) is 87.2 Å². The van der Waals surface area contributed by atoms with Gasteiger partial charge in [0.1, 0.15) is 10.4 Å². The zero-order valence-corrected chi connectivity index (χ0v) is 24.5. The first-order chi connectivity index (χ1) is 18.7. The van der Waals surface area contributed by atoms with Gasteiger partial charge in [-0.2, -0.15) is 0 Å². The first kappa shape index (κ1) is 27.9. The van der Waals surface area contributed by atoms with Crippen molar-refractivity contribution in [2.45, 2.75) is 95.6 Å². The second kappa shape index (κ2) is 11.1. The Hall–Kier alpha value is -2.68. The van der Waals surface area contributed by atoms with Gasteiger partial charge in [-0.05, 0) is 94.6 Å². The van der Waals surface area contributed by atoms with Crippen LogP contribution in [0.15, 0.2) is 12.1 Å². The number of methoxy groups -OCH3 is 1. The number of amides is 4. The monoisotopic (exact) mass is 555 g/mol. The fourth-order valence-electron chi connectivity index (χ4n) is 7.06. The number of anilines is 1. The summed E-state index contributed by atoms with van der Waals surface area (Å²) in [5, 5.41) is 0. The van der Waals surface area contributed by atoms with Crippen molar-refractivity contribution >= 4 is 46.4 Å². The van der Waals surface area contributed by atoms with Gasteiger partial charge in [-0.25, -0.2) is 9.59 Å². The van der Waals surface area contributed by atoms with E-state index in [0.717, 1.165) is 49.8 Å². The summed E-state index contributed by atoms with van der Waals surface area (Å²) in [6.45, 7) is 2.24. The van der Waals surface area contributed by atoms with Crippen molar-refractivity contribution in [3.8, 4) is 0 Å². The zero-order chi connectivity index (χ0) is 27.9. The van der Waals surface area contributed by atoms with Gasteiger partial charge in [0.2, 0.25) is 5.91 Å². The van der Waals surface area contributed by atoms with E-state index in [0.29, 0.717) is 42.2 Å². The molecule has 2 heterocycles. The molecule has 1 aromatic rings. The molecule has 4 aliphatic rings. The van der Waals surface area contributed by atoms with E-state index >= 15 is 0 Å². The second-order valence-corrected chi connectivity index (χ2v) is 13.0. The van der Waals surface area contributed by atoms with Crippen molar-refractivity contribution in [1.82, 2.24) is 9.80 Å². The molecule has 0 unspecified atom stereocenters. The van der Waals surface area contributed by atoms with E-state index in [1.807, 2.05) is 11.0 Å². The van der Waals surface area contributed by atoms with Gasteiger partial charge in [-0.3, -0.25) is 14.5 Å². The summed E-state index contributed by atoms with van der Waals surface area (Å²) in [5.74, 6) is 0.0348. The summed E-state index contributed by atoms with van der Waals surface area (Å²) in [5.41, 5.74) is 1.04. The van der Waals surface area contributed by atoms with Crippen LogP contribution in [0, 0.1) is 11.8 Å². The van der Waals surface area contributed by atoms with Crippen LogP contribution in [0.25, 0.3) is 5.57 Å². The molecule has 5 rings (SSSR count). The van der Waals surface area contributed by atoms with E-state index in [-0.39, 0.29) is 29.8 Å². The highest BCUT2D eigenvalue weighted by atomic mass is 32.1. The van der Waals surface area contributed by atoms with Crippen molar-refractivity contribution in [3.63, 3.8) is 0 Å². The Morgan fingerprint density at radius 1 is 1.05 bits per heavy atom. The van der Waals surface area contributed by atoms with Gasteiger partial charge in [0.15, 0.2) is 0 Å². The maximum absolute atomic E-state index is 14.3. The molecule has 0 aromatic carbocycles. The molecule has 3 aliphatic carbocycles. The van der Waals surface area contributed by atoms with Crippen LogP contribution in [0.4, 0.5) is 10.5 Å². The van der Waals surface area contributed by atoms with E-state index in [9.17, 15) is 19.2 Å². The molecular formula is C30H41N3O5S. The smallest absolute Gasteiger partial charge is 0.350 e. The lowest BCUT2D eigenvalue weighted by atomic mass is 9.77. The Morgan fingerprint density at radius 3 is 2.31 bits per heavy atom. The number of nitrogens with zero attached hydrogens (tertiary/aromatic N) is 3. The number of ether oxygens (including phenoxy) is 1. The van der Waals surface area contributed by atoms with Crippen LogP contribution in [-0.2, 0) is 14.3 Å². The number of hydrogen-bond donors (Lipinski definition) is 0. The number of esters is 1. The highest BCUT2D eigenvalue weighted by molar-refractivity contribution is 7.15. The minimum Gasteiger partial charge on any atom is -0.465 e. The number of imide groups is 1. The molecule has 2 saturated carbocycles. The molecular weight excluding hydrogens is 514 g/mol. The molecule has 8 nitrogen and oxygen atoms in total.